The SMILES string of the molecule is CCCN(CCC)S(=O)(=O)c1ccc(S(N)(=O)=O)cc1. The summed E-state index contributed by atoms with van der Waals surface area (Å²) in [6.45, 7) is 4.69. The van der Waals surface area contributed by atoms with E-state index in [9.17, 15) is 16.8 Å². The third-order valence-electron chi connectivity index (χ3n) is 2.74. The van der Waals surface area contributed by atoms with Gasteiger partial charge in [-0.25, -0.2) is 22.0 Å². The summed E-state index contributed by atoms with van der Waals surface area (Å²) in [5.41, 5.74) is 0. The molecule has 0 aliphatic rings. The highest BCUT2D eigenvalue weighted by Crippen LogP contribution is 2.18. The van der Waals surface area contributed by atoms with Gasteiger partial charge in [-0.15, -0.1) is 0 Å². The van der Waals surface area contributed by atoms with E-state index in [2.05, 4.69) is 0 Å². The largest absolute Gasteiger partial charge is 0.243 e. The maximum atomic E-state index is 12.4. The average Bonchev–Trinajstić information content (AvgIpc) is 2.37. The second-order valence-corrected chi connectivity index (χ2v) is 7.92. The van der Waals surface area contributed by atoms with Gasteiger partial charge in [0.05, 0.1) is 9.79 Å². The lowest BCUT2D eigenvalue weighted by Crippen LogP contribution is -2.32. The predicted molar refractivity (Wildman–Crippen MR) is 77.2 cm³/mol. The van der Waals surface area contributed by atoms with Crippen molar-refractivity contribution in [1.82, 2.24) is 4.31 Å². The van der Waals surface area contributed by atoms with Gasteiger partial charge in [0.25, 0.3) is 0 Å². The van der Waals surface area contributed by atoms with Gasteiger partial charge in [0.1, 0.15) is 0 Å². The van der Waals surface area contributed by atoms with Gasteiger partial charge in [-0.3, -0.25) is 0 Å². The van der Waals surface area contributed by atoms with Crippen LogP contribution in [-0.2, 0) is 20.0 Å². The molecule has 0 spiro atoms. The number of hydrogen-bond acceptors (Lipinski definition) is 4. The summed E-state index contributed by atoms with van der Waals surface area (Å²) >= 11 is 0. The van der Waals surface area contributed by atoms with Crippen LogP contribution in [-0.4, -0.2) is 34.2 Å². The van der Waals surface area contributed by atoms with Crippen molar-refractivity contribution in [2.75, 3.05) is 13.1 Å². The zero-order valence-electron chi connectivity index (χ0n) is 11.6. The van der Waals surface area contributed by atoms with Crippen LogP contribution in [0.2, 0.25) is 0 Å². The molecule has 1 rings (SSSR count). The second kappa shape index (κ2) is 6.66. The van der Waals surface area contributed by atoms with Gasteiger partial charge in [-0.2, -0.15) is 4.31 Å². The zero-order chi connectivity index (χ0) is 15.4. The van der Waals surface area contributed by atoms with E-state index in [1.165, 1.54) is 28.6 Å². The molecule has 1 aromatic carbocycles. The Labute approximate surface area is 120 Å². The van der Waals surface area contributed by atoms with Gasteiger partial charge in [0, 0.05) is 13.1 Å². The Morgan fingerprint density at radius 2 is 1.30 bits per heavy atom. The molecule has 0 amide bonds. The summed E-state index contributed by atoms with van der Waals surface area (Å²) in [6.07, 6.45) is 1.43. The lowest BCUT2D eigenvalue weighted by Gasteiger charge is -2.21. The van der Waals surface area contributed by atoms with Crippen molar-refractivity contribution < 1.29 is 16.8 Å². The lowest BCUT2D eigenvalue weighted by atomic mass is 10.4. The number of benzene rings is 1. The summed E-state index contributed by atoms with van der Waals surface area (Å²) < 4.78 is 48.5. The van der Waals surface area contributed by atoms with E-state index in [1.807, 2.05) is 13.8 Å². The Morgan fingerprint density at radius 1 is 0.900 bits per heavy atom. The minimum atomic E-state index is -3.81. The minimum Gasteiger partial charge on any atom is -0.225 e. The van der Waals surface area contributed by atoms with E-state index >= 15 is 0 Å². The molecule has 0 radical (unpaired) electrons. The maximum Gasteiger partial charge on any atom is 0.243 e. The molecule has 6 nitrogen and oxygen atoms in total. The molecular weight excluding hydrogens is 300 g/mol. The third kappa shape index (κ3) is 4.02. The highest BCUT2D eigenvalue weighted by molar-refractivity contribution is 7.89. The monoisotopic (exact) mass is 320 g/mol. The van der Waals surface area contributed by atoms with Crippen molar-refractivity contribution >= 4 is 20.0 Å². The lowest BCUT2D eigenvalue weighted by molar-refractivity contribution is 0.410. The highest BCUT2D eigenvalue weighted by Gasteiger charge is 2.23. The van der Waals surface area contributed by atoms with Crippen LogP contribution in [0.25, 0.3) is 0 Å². The summed E-state index contributed by atoms with van der Waals surface area (Å²) in [6, 6.07) is 4.96. The molecule has 0 atom stereocenters. The number of rotatable bonds is 7. The molecule has 0 aliphatic heterocycles. The molecule has 0 heterocycles. The number of sulfonamides is 2. The van der Waals surface area contributed by atoms with Crippen LogP contribution < -0.4 is 5.14 Å². The Balaban J connectivity index is 3.15. The van der Waals surface area contributed by atoms with Crippen molar-refractivity contribution in [2.24, 2.45) is 5.14 Å². The van der Waals surface area contributed by atoms with Crippen LogP contribution >= 0.6 is 0 Å². The second-order valence-electron chi connectivity index (χ2n) is 4.42. The van der Waals surface area contributed by atoms with Crippen LogP contribution in [0, 0.1) is 0 Å². The fraction of sp³-hybridized carbons (Fsp3) is 0.500. The summed E-state index contributed by atoms with van der Waals surface area (Å²) in [4.78, 5) is -0.0271. The molecule has 2 N–H and O–H groups in total. The van der Waals surface area contributed by atoms with E-state index in [0.29, 0.717) is 25.9 Å². The van der Waals surface area contributed by atoms with Gasteiger partial charge >= 0.3 is 0 Å². The first kappa shape index (κ1) is 17.1. The van der Waals surface area contributed by atoms with Crippen LogP contribution in [0.3, 0.4) is 0 Å². The fourth-order valence-corrected chi connectivity index (χ4v) is 3.94. The highest BCUT2D eigenvalue weighted by atomic mass is 32.2. The van der Waals surface area contributed by atoms with E-state index in [-0.39, 0.29) is 9.79 Å². The smallest absolute Gasteiger partial charge is 0.225 e. The van der Waals surface area contributed by atoms with Crippen molar-refractivity contribution in [2.45, 2.75) is 36.5 Å². The van der Waals surface area contributed by atoms with E-state index in [1.54, 1.807) is 0 Å². The molecular formula is C12H20N2O4S2. The first-order valence-electron chi connectivity index (χ1n) is 6.36. The molecule has 8 heteroatoms. The van der Waals surface area contributed by atoms with Crippen LogP contribution in [0.5, 0.6) is 0 Å². The normalized spacial score (nSPS) is 12.8. The fourth-order valence-electron chi connectivity index (χ4n) is 1.80. The minimum absolute atomic E-state index is 0.0757. The standard InChI is InChI=1S/C12H20N2O4S2/c1-3-9-14(10-4-2)20(17,18)12-7-5-11(6-8-12)19(13,15)16/h5-8H,3-4,9-10H2,1-2H3,(H2,13,15,16). The van der Waals surface area contributed by atoms with Crippen LogP contribution in [0.15, 0.2) is 34.1 Å². The summed E-state index contributed by atoms with van der Waals surface area (Å²) in [5.74, 6) is 0. The average molecular weight is 320 g/mol. The summed E-state index contributed by atoms with van der Waals surface area (Å²) in [7, 11) is -7.40. The Morgan fingerprint density at radius 3 is 1.65 bits per heavy atom. The molecule has 1 aromatic rings. The molecule has 0 saturated heterocycles. The van der Waals surface area contributed by atoms with E-state index in [4.69, 9.17) is 5.14 Å². The van der Waals surface area contributed by atoms with Crippen molar-refractivity contribution in [3.63, 3.8) is 0 Å². The van der Waals surface area contributed by atoms with Crippen molar-refractivity contribution in [3.05, 3.63) is 24.3 Å². The zero-order valence-corrected chi connectivity index (χ0v) is 13.2. The van der Waals surface area contributed by atoms with Crippen molar-refractivity contribution in [1.29, 1.82) is 0 Å². The molecule has 0 aliphatic carbocycles. The number of nitrogens with zero attached hydrogens (tertiary/aromatic N) is 1. The number of nitrogens with two attached hydrogens (primary N) is 1. The van der Waals surface area contributed by atoms with Gasteiger partial charge in [0.2, 0.25) is 20.0 Å². The Kier molecular flexibility index (Phi) is 5.69. The van der Waals surface area contributed by atoms with Gasteiger partial charge < -0.3 is 0 Å². The van der Waals surface area contributed by atoms with Crippen molar-refractivity contribution in [3.8, 4) is 0 Å². The molecule has 20 heavy (non-hydrogen) atoms. The molecule has 0 saturated carbocycles. The molecule has 0 unspecified atom stereocenters. The number of hydrogen-bond donors (Lipinski definition) is 1. The molecule has 0 aromatic heterocycles. The molecule has 114 valence electrons. The molecule has 0 bridgehead atoms. The first-order chi connectivity index (χ1) is 9.23. The van der Waals surface area contributed by atoms with E-state index in [0.717, 1.165) is 0 Å². The maximum absolute atomic E-state index is 12.4. The van der Waals surface area contributed by atoms with Crippen LogP contribution in [0.1, 0.15) is 26.7 Å². The number of primary sulfonamides is 1. The predicted octanol–water partition coefficient (Wildman–Crippen LogP) is 1.14. The van der Waals surface area contributed by atoms with E-state index < -0.39 is 20.0 Å². The third-order valence-corrected chi connectivity index (χ3v) is 5.58. The summed E-state index contributed by atoms with van der Waals surface area (Å²) in [5, 5.41) is 4.98. The van der Waals surface area contributed by atoms with Crippen LogP contribution in [0.4, 0.5) is 0 Å². The Bertz CT molecular complexity index is 631. The van der Waals surface area contributed by atoms with Gasteiger partial charge in [0.15, 0.2) is 0 Å². The molecule has 0 fully saturated rings. The van der Waals surface area contributed by atoms with Gasteiger partial charge in [-0.05, 0) is 37.1 Å². The first-order valence-corrected chi connectivity index (χ1v) is 9.35. The topological polar surface area (TPSA) is 97.5 Å². The Hall–Kier alpha value is -0.960. The quantitative estimate of drug-likeness (QED) is 0.814. The van der Waals surface area contributed by atoms with Gasteiger partial charge in [-0.1, -0.05) is 13.8 Å².